The van der Waals surface area contributed by atoms with Crippen LogP contribution < -0.4 is 5.32 Å². The number of thiazole rings is 1. The molecule has 2 heterocycles. The maximum atomic E-state index is 13.7. The van der Waals surface area contributed by atoms with Gasteiger partial charge in [0.25, 0.3) is 5.91 Å². The third kappa shape index (κ3) is 5.67. The number of hydrogen-bond acceptors (Lipinski definition) is 4. The molecule has 3 rings (SSSR count). The summed E-state index contributed by atoms with van der Waals surface area (Å²) in [7, 11) is 0. The highest BCUT2D eigenvalue weighted by Gasteiger charge is 2.41. The highest BCUT2D eigenvalue weighted by molar-refractivity contribution is 7.09. The first kappa shape index (κ1) is 23.8. The molecule has 172 valence electrons. The number of alkyl halides is 6. The number of halogens is 6. The number of amides is 1. The van der Waals surface area contributed by atoms with Gasteiger partial charge in [0.15, 0.2) is 5.69 Å². The van der Waals surface area contributed by atoms with Gasteiger partial charge in [-0.25, -0.2) is 9.67 Å². The second kappa shape index (κ2) is 9.31. The normalized spacial score (nSPS) is 12.2. The smallest absolute Gasteiger partial charge is 0.352 e. The van der Waals surface area contributed by atoms with Gasteiger partial charge in [0.05, 0.1) is 28.0 Å². The van der Waals surface area contributed by atoms with E-state index in [-0.39, 0.29) is 6.54 Å². The molecule has 12 heteroatoms. The summed E-state index contributed by atoms with van der Waals surface area (Å²) in [5.74, 6) is -0.999. The number of carbonyl (C=O) groups excluding carboxylic acids is 1. The highest BCUT2D eigenvalue weighted by Crippen LogP contribution is 2.35. The molecule has 0 saturated carbocycles. The van der Waals surface area contributed by atoms with Gasteiger partial charge in [-0.1, -0.05) is 6.07 Å². The Morgan fingerprint density at radius 3 is 2.50 bits per heavy atom. The van der Waals surface area contributed by atoms with Gasteiger partial charge >= 0.3 is 12.4 Å². The molecule has 32 heavy (non-hydrogen) atoms. The molecule has 0 unspecified atom stereocenters. The lowest BCUT2D eigenvalue weighted by Crippen LogP contribution is -2.27. The van der Waals surface area contributed by atoms with Crippen molar-refractivity contribution in [3.63, 3.8) is 0 Å². The zero-order valence-corrected chi connectivity index (χ0v) is 17.5. The molecule has 0 radical (unpaired) electrons. The van der Waals surface area contributed by atoms with E-state index in [0.29, 0.717) is 36.2 Å². The first-order valence-corrected chi connectivity index (χ1v) is 10.4. The molecule has 3 aromatic rings. The Bertz CT molecular complexity index is 1090. The second-order valence-electron chi connectivity index (χ2n) is 6.96. The van der Waals surface area contributed by atoms with Crippen molar-refractivity contribution >= 4 is 17.2 Å². The number of aryl methyl sites for hydroxylation is 2. The molecule has 0 saturated heterocycles. The molecule has 1 amide bonds. The zero-order valence-electron chi connectivity index (χ0n) is 16.7. The van der Waals surface area contributed by atoms with Crippen molar-refractivity contribution in [1.82, 2.24) is 20.1 Å². The first-order chi connectivity index (χ1) is 15.0. The van der Waals surface area contributed by atoms with Crippen molar-refractivity contribution in [3.8, 4) is 5.69 Å². The number of unbranched alkanes of at least 4 members (excludes halogenated alkanes) is 1. The number of rotatable bonds is 7. The maximum absolute atomic E-state index is 13.7. The van der Waals surface area contributed by atoms with Crippen molar-refractivity contribution in [2.75, 3.05) is 6.54 Å². The van der Waals surface area contributed by atoms with E-state index in [1.54, 1.807) is 0 Å². The maximum Gasteiger partial charge on any atom is 0.434 e. The molecule has 1 N–H and O–H groups in total. The van der Waals surface area contributed by atoms with Gasteiger partial charge in [0, 0.05) is 17.6 Å². The number of nitrogens with zero attached hydrogens (tertiary/aromatic N) is 3. The summed E-state index contributed by atoms with van der Waals surface area (Å²) in [5.41, 5.74) is -2.86. The molecule has 0 aliphatic rings. The van der Waals surface area contributed by atoms with Crippen LogP contribution in [-0.4, -0.2) is 27.2 Å². The zero-order chi connectivity index (χ0) is 23.5. The van der Waals surface area contributed by atoms with Crippen LogP contribution >= 0.6 is 11.3 Å². The third-order valence-corrected chi connectivity index (χ3v) is 5.50. The fraction of sp³-hybridized carbons (Fsp3) is 0.350. The van der Waals surface area contributed by atoms with Crippen LogP contribution in [0.4, 0.5) is 26.3 Å². The molecule has 0 aliphatic carbocycles. The van der Waals surface area contributed by atoms with E-state index >= 15 is 0 Å². The summed E-state index contributed by atoms with van der Waals surface area (Å²) in [6.45, 7) is 2.01. The van der Waals surface area contributed by atoms with Gasteiger partial charge in [-0.2, -0.15) is 31.4 Å². The Morgan fingerprint density at radius 2 is 1.88 bits per heavy atom. The second-order valence-corrected chi connectivity index (χ2v) is 7.90. The third-order valence-electron chi connectivity index (χ3n) is 4.47. The predicted molar refractivity (Wildman–Crippen MR) is 106 cm³/mol. The van der Waals surface area contributed by atoms with Crippen LogP contribution in [0.5, 0.6) is 0 Å². The Hall–Kier alpha value is -2.89. The molecule has 5 nitrogen and oxygen atoms in total. The minimum absolute atomic E-state index is 0.134. The lowest BCUT2D eigenvalue weighted by Gasteiger charge is -2.14. The summed E-state index contributed by atoms with van der Waals surface area (Å²) in [5, 5.41) is 8.81. The summed E-state index contributed by atoms with van der Waals surface area (Å²) < 4.78 is 80.2. The van der Waals surface area contributed by atoms with E-state index in [1.807, 2.05) is 12.3 Å². The van der Waals surface area contributed by atoms with Gasteiger partial charge in [0.1, 0.15) is 0 Å². The standard InChI is InChI=1S/C20H18F6N4OS/c1-12-11-32-16(29-12)7-2-3-8-27-18(31)15-10-28-30(17(15)20(24,25)26)14-6-4-5-13(9-14)19(21,22)23/h4-6,9-11H,2-3,7-8H2,1H3,(H,27,31). The molecular weight excluding hydrogens is 458 g/mol. The average molecular weight is 476 g/mol. The molecule has 0 bridgehead atoms. The Morgan fingerprint density at radius 1 is 1.12 bits per heavy atom. The molecule has 1 aromatic carbocycles. The number of carbonyl (C=O) groups is 1. The van der Waals surface area contributed by atoms with Gasteiger partial charge in [-0.3, -0.25) is 4.79 Å². The molecule has 2 aromatic heterocycles. The molecular formula is C20H18F6N4OS. The Labute approximate surface area is 183 Å². The molecule has 0 atom stereocenters. The van der Waals surface area contributed by atoms with Crippen LogP contribution in [0.3, 0.4) is 0 Å². The van der Waals surface area contributed by atoms with Gasteiger partial charge in [0.2, 0.25) is 0 Å². The van der Waals surface area contributed by atoms with Crippen molar-refractivity contribution in [2.45, 2.75) is 38.5 Å². The Balaban J connectivity index is 1.73. The van der Waals surface area contributed by atoms with E-state index < -0.39 is 40.8 Å². The lowest BCUT2D eigenvalue weighted by atomic mass is 10.1. The number of benzene rings is 1. The van der Waals surface area contributed by atoms with Crippen molar-refractivity contribution in [3.05, 3.63) is 63.4 Å². The van der Waals surface area contributed by atoms with Crippen LogP contribution in [0.2, 0.25) is 0 Å². The summed E-state index contributed by atoms with van der Waals surface area (Å²) >= 11 is 1.51. The molecule has 0 aliphatic heterocycles. The van der Waals surface area contributed by atoms with Crippen LogP contribution in [-0.2, 0) is 18.8 Å². The molecule has 0 spiro atoms. The Kier molecular flexibility index (Phi) is 6.91. The van der Waals surface area contributed by atoms with Crippen LogP contribution in [0.1, 0.15) is 45.2 Å². The number of nitrogens with one attached hydrogen (secondary N) is 1. The number of aromatic nitrogens is 3. The van der Waals surface area contributed by atoms with Crippen LogP contribution in [0, 0.1) is 6.92 Å². The van der Waals surface area contributed by atoms with Crippen molar-refractivity contribution in [2.24, 2.45) is 0 Å². The van der Waals surface area contributed by atoms with Crippen molar-refractivity contribution < 1.29 is 31.1 Å². The van der Waals surface area contributed by atoms with E-state index in [2.05, 4.69) is 15.4 Å². The van der Waals surface area contributed by atoms with Gasteiger partial charge in [-0.15, -0.1) is 11.3 Å². The largest absolute Gasteiger partial charge is 0.434 e. The summed E-state index contributed by atoms with van der Waals surface area (Å²) in [6, 6.07) is 3.31. The minimum atomic E-state index is -5.01. The lowest BCUT2D eigenvalue weighted by molar-refractivity contribution is -0.143. The fourth-order valence-electron chi connectivity index (χ4n) is 3.01. The fourth-order valence-corrected chi connectivity index (χ4v) is 3.83. The van der Waals surface area contributed by atoms with Gasteiger partial charge in [-0.05, 0) is 44.4 Å². The van der Waals surface area contributed by atoms with E-state index in [1.165, 1.54) is 11.3 Å². The average Bonchev–Trinajstić information content (AvgIpc) is 3.33. The molecule has 0 fully saturated rings. The summed E-state index contributed by atoms with van der Waals surface area (Å²) in [6.07, 6.45) is -7.15. The topological polar surface area (TPSA) is 59.8 Å². The van der Waals surface area contributed by atoms with E-state index in [0.717, 1.165) is 28.9 Å². The van der Waals surface area contributed by atoms with Crippen LogP contribution in [0.25, 0.3) is 5.69 Å². The van der Waals surface area contributed by atoms with E-state index in [9.17, 15) is 31.1 Å². The predicted octanol–water partition coefficient (Wildman–Crippen LogP) is 5.43. The van der Waals surface area contributed by atoms with Crippen LogP contribution in [0.15, 0.2) is 35.8 Å². The first-order valence-electron chi connectivity index (χ1n) is 9.49. The SMILES string of the molecule is Cc1csc(CCCCNC(=O)c2cnn(-c3cccc(C(F)(F)F)c3)c2C(F)(F)F)n1. The number of hydrogen-bond donors (Lipinski definition) is 1. The van der Waals surface area contributed by atoms with E-state index in [4.69, 9.17) is 0 Å². The summed E-state index contributed by atoms with van der Waals surface area (Å²) in [4.78, 5) is 16.7. The van der Waals surface area contributed by atoms with Crippen molar-refractivity contribution in [1.29, 1.82) is 0 Å². The monoisotopic (exact) mass is 476 g/mol. The quantitative estimate of drug-likeness (QED) is 0.366. The highest BCUT2D eigenvalue weighted by atomic mass is 32.1. The minimum Gasteiger partial charge on any atom is -0.352 e. The van der Waals surface area contributed by atoms with Gasteiger partial charge < -0.3 is 5.32 Å².